The van der Waals surface area contributed by atoms with E-state index >= 15 is 0 Å². The average molecular weight is 313 g/mol. The van der Waals surface area contributed by atoms with E-state index < -0.39 is 16.7 Å². The summed E-state index contributed by atoms with van der Waals surface area (Å²) in [7, 11) is 0. The number of nitrogens with zero attached hydrogens (tertiary/aromatic N) is 1. The van der Waals surface area contributed by atoms with Crippen molar-refractivity contribution < 1.29 is 14.5 Å². The van der Waals surface area contributed by atoms with Crippen LogP contribution >= 0.6 is 0 Å². The van der Waals surface area contributed by atoms with Gasteiger partial charge in [0.1, 0.15) is 6.42 Å². The molecule has 0 bridgehead atoms. The van der Waals surface area contributed by atoms with Crippen LogP contribution in [0.5, 0.6) is 0 Å². The van der Waals surface area contributed by atoms with E-state index in [9.17, 15) is 19.7 Å². The van der Waals surface area contributed by atoms with E-state index in [0.29, 0.717) is 11.4 Å². The SMILES string of the molecule is Cc1ccc(NC(=O)CC(=O)Nc2ccc([N+](=O)[O-])cc2)cc1. The third kappa shape index (κ3) is 4.92. The molecule has 0 saturated heterocycles. The number of amides is 2. The molecule has 0 aliphatic carbocycles. The molecular formula is C16H15N3O4. The van der Waals surface area contributed by atoms with Crippen molar-refractivity contribution in [1.29, 1.82) is 0 Å². The molecule has 23 heavy (non-hydrogen) atoms. The largest absolute Gasteiger partial charge is 0.326 e. The molecule has 2 amide bonds. The highest BCUT2D eigenvalue weighted by atomic mass is 16.6. The summed E-state index contributed by atoms with van der Waals surface area (Å²) < 4.78 is 0. The summed E-state index contributed by atoms with van der Waals surface area (Å²) in [6.45, 7) is 1.93. The van der Waals surface area contributed by atoms with Crippen LogP contribution in [0.2, 0.25) is 0 Å². The molecule has 2 aromatic rings. The van der Waals surface area contributed by atoms with Crippen LogP contribution in [0.4, 0.5) is 17.1 Å². The molecule has 0 unspecified atom stereocenters. The Hall–Kier alpha value is -3.22. The summed E-state index contributed by atoms with van der Waals surface area (Å²) in [4.78, 5) is 33.6. The summed E-state index contributed by atoms with van der Waals surface area (Å²) >= 11 is 0. The number of aryl methyl sites for hydroxylation is 1. The van der Waals surface area contributed by atoms with Crippen LogP contribution in [0.25, 0.3) is 0 Å². The molecule has 0 saturated carbocycles. The number of benzene rings is 2. The first-order valence-electron chi connectivity index (χ1n) is 6.85. The molecule has 0 heterocycles. The summed E-state index contributed by atoms with van der Waals surface area (Å²) in [5.74, 6) is -0.934. The first-order chi connectivity index (χ1) is 10.9. The normalized spacial score (nSPS) is 9.96. The minimum Gasteiger partial charge on any atom is -0.326 e. The summed E-state index contributed by atoms with van der Waals surface area (Å²) in [6, 6.07) is 12.6. The van der Waals surface area contributed by atoms with Crippen molar-refractivity contribution in [2.24, 2.45) is 0 Å². The maximum absolute atomic E-state index is 11.8. The van der Waals surface area contributed by atoms with E-state index in [-0.39, 0.29) is 12.1 Å². The number of carbonyl (C=O) groups is 2. The van der Waals surface area contributed by atoms with E-state index in [2.05, 4.69) is 10.6 Å². The lowest BCUT2D eigenvalue weighted by molar-refractivity contribution is -0.384. The fraction of sp³-hybridized carbons (Fsp3) is 0.125. The van der Waals surface area contributed by atoms with Gasteiger partial charge in [-0.3, -0.25) is 19.7 Å². The quantitative estimate of drug-likeness (QED) is 0.503. The Morgan fingerprint density at radius 3 is 1.78 bits per heavy atom. The van der Waals surface area contributed by atoms with Gasteiger partial charge in [0.15, 0.2) is 0 Å². The fourth-order valence-corrected chi connectivity index (χ4v) is 1.86. The smallest absolute Gasteiger partial charge is 0.269 e. The monoisotopic (exact) mass is 313 g/mol. The van der Waals surface area contributed by atoms with Crippen LogP contribution in [-0.4, -0.2) is 16.7 Å². The second-order valence-electron chi connectivity index (χ2n) is 4.94. The van der Waals surface area contributed by atoms with Crippen LogP contribution in [0.15, 0.2) is 48.5 Å². The van der Waals surface area contributed by atoms with E-state index in [0.717, 1.165) is 5.56 Å². The van der Waals surface area contributed by atoms with Gasteiger partial charge < -0.3 is 10.6 Å². The van der Waals surface area contributed by atoms with Crippen LogP contribution in [-0.2, 0) is 9.59 Å². The Bertz CT molecular complexity index is 724. The van der Waals surface area contributed by atoms with Gasteiger partial charge in [-0.25, -0.2) is 0 Å². The fourth-order valence-electron chi connectivity index (χ4n) is 1.86. The Kier molecular flexibility index (Phi) is 5.03. The van der Waals surface area contributed by atoms with E-state index in [1.54, 1.807) is 12.1 Å². The van der Waals surface area contributed by atoms with E-state index in [1.165, 1.54) is 24.3 Å². The van der Waals surface area contributed by atoms with Gasteiger partial charge in [-0.15, -0.1) is 0 Å². The molecule has 2 rings (SSSR count). The molecule has 0 aromatic heterocycles. The average Bonchev–Trinajstić information content (AvgIpc) is 2.50. The Morgan fingerprint density at radius 2 is 1.35 bits per heavy atom. The van der Waals surface area contributed by atoms with Gasteiger partial charge >= 0.3 is 0 Å². The van der Waals surface area contributed by atoms with Crippen molar-refractivity contribution in [3.05, 3.63) is 64.2 Å². The van der Waals surface area contributed by atoms with Crippen LogP contribution in [0.3, 0.4) is 0 Å². The van der Waals surface area contributed by atoms with Gasteiger partial charge in [-0.1, -0.05) is 17.7 Å². The molecule has 0 radical (unpaired) electrons. The van der Waals surface area contributed by atoms with Crippen molar-refractivity contribution >= 4 is 28.9 Å². The number of anilines is 2. The molecule has 0 atom stereocenters. The molecule has 0 spiro atoms. The van der Waals surface area contributed by atoms with Gasteiger partial charge in [0.2, 0.25) is 11.8 Å². The van der Waals surface area contributed by atoms with Gasteiger partial charge in [-0.05, 0) is 31.2 Å². The van der Waals surface area contributed by atoms with Crippen molar-refractivity contribution in [1.82, 2.24) is 0 Å². The lowest BCUT2D eigenvalue weighted by Crippen LogP contribution is -2.21. The maximum atomic E-state index is 11.8. The minimum absolute atomic E-state index is 0.0693. The second-order valence-corrected chi connectivity index (χ2v) is 4.94. The maximum Gasteiger partial charge on any atom is 0.269 e. The summed E-state index contributed by atoms with van der Waals surface area (Å²) in [5.41, 5.74) is 2.01. The van der Waals surface area contributed by atoms with Crippen molar-refractivity contribution in [2.75, 3.05) is 10.6 Å². The number of carbonyl (C=O) groups excluding carboxylic acids is 2. The molecule has 2 aromatic carbocycles. The highest BCUT2D eigenvalue weighted by Crippen LogP contribution is 2.15. The first kappa shape index (κ1) is 16.2. The number of hydrogen-bond donors (Lipinski definition) is 2. The molecular weight excluding hydrogens is 298 g/mol. The Labute approximate surface area is 132 Å². The Balaban J connectivity index is 1.87. The minimum atomic E-state index is -0.527. The van der Waals surface area contributed by atoms with Crippen molar-refractivity contribution in [2.45, 2.75) is 13.3 Å². The third-order valence-electron chi connectivity index (χ3n) is 3.02. The number of nitro groups is 1. The molecule has 118 valence electrons. The topological polar surface area (TPSA) is 101 Å². The van der Waals surface area contributed by atoms with Crippen molar-refractivity contribution in [3.8, 4) is 0 Å². The van der Waals surface area contributed by atoms with Gasteiger partial charge in [-0.2, -0.15) is 0 Å². The molecule has 7 nitrogen and oxygen atoms in total. The zero-order valence-electron chi connectivity index (χ0n) is 12.4. The molecule has 0 aliphatic heterocycles. The number of rotatable bonds is 5. The van der Waals surface area contributed by atoms with Crippen molar-refractivity contribution in [3.63, 3.8) is 0 Å². The standard InChI is InChI=1S/C16H15N3O4/c1-11-2-4-12(5-3-11)17-15(20)10-16(21)18-13-6-8-14(9-7-13)19(22)23/h2-9H,10H2,1H3,(H,17,20)(H,18,21). The summed E-state index contributed by atoms with van der Waals surface area (Å²) in [5, 5.41) is 15.7. The molecule has 7 heteroatoms. The predicted molar refractivity (Wildman–Crippen MR) is 86.2 cm³/mol. The van der Waals surface area contributed by atoms with Crippen LogP contribution in [0, 0.1) is 17.0 Å². The number of nitro benzene ring substituents is 1. The Morgan fingerprint density at radius 1 is 0.913 bits per heavy atom. The predicted octanol–water partition coefficient (Wildman–Crippen LogP) is 2.87. The van der Waals surface area contributed by atoms with Gasteiger partial charge in [0.25, 0.3) is 5.69 Å². The lowest BCUT2D eigenvalue weighted by atomic mass is 10.2. The second kappa shape index (κ2) is 7.17. The van der Waals surface area contributed by atoms with Gasteiger partial charge in [0, 0.05) is 23.5 Å². The van der Waals surface area contributed by atoms with Gasteiger partial charge in [0.05, 0.1) is 4.92 Å². The zero-order valence-corrected chi connectivity index (χ0v) is 12.4. The third-order valence-corrected chi connectivity index (χ3v) is 3.02. The number of non-ortho nitro benzene ring substituents is 1. The highest BCUT2D eigenvalue weighted by Gasteiger charge is 2.11. The highest BCUT2D eigenvalue weighted by molar-refractivity contribution is 6.08. The molecule has 2 N–H and O–H groups in total. The summed E-state index contributed by atoms with van der Waals surface area (Å²) in [6.07, 6.45) is -0.342. The van der Waals surface area contributed by atoms with Crippen LogP contribution < -0.4 is 10.6 Å². The van der Waals surface area contributed by atoms with E-state index in [1.807, 2.05) is 19.1 Å². The first-order valence-corrected chi connectivity index (χ1v) is 6.85. The zero-order chi connectivity index (χ0) is 16.8. The molecule has 0 fully saturated rings. The molecule has 0 aliphatic rings. The number of nitrogens with one attached hydrogen (secondary N) is 2. The lowest BCUT2D eigenvalue weighted by Gasteiger charge is -2.07. The number of hydrogen-bond acceptors (Lipinski definition) is 4. The van der Waals surface area contributed by atoms with Crippen LogP contribution in [0.1, 0.15) is 12.0 Å². The van der Waals surface area contributed by atoms with E-state index in [4.69, 9.17) is 0 Å².